The SMILES string of the molecule is COc1cc(C)c(S(=O)(=O)N(Cc2nc(C(=O)N3CCC(O)(/C=C/c4cccnc4)CC3)co2)C2CC2)c(C)c1.O=C(O)C(F)(F)F. The number of nitrogens with zero attached hydrogens (tertiary/aromatic N) is 4. The number of aliphatic hydroxyl groups is 1. The Bertz CT molecular complexity index is 1690. The zero-order valence-electron chi connectivity index (χ0n) is 25.9. The van der Waals surface area contributed by atoms with E-state index in [1.165, 1.54) is 10.6 Å². The number of likely N-dealkylation sites (tertiary alicyclic amines) is 1. The van der Waals surface area contributed by atoms with Gasteiger partial charge in [-0.1, -0.05) is 18.2 Å². The van der Waals surface area contributed by atoms with Crippen LogP contribution in [0.1, 0.15) is 58.8 Å². The van der Waals surface area contributed by atoms with Gasteiger partial charge < -0.3 is 24.3 Å². The lowest BCUT2D eigenvalue weighted by molar-refractivity contribution is -0.192. The number of hydrogen-bond donors (Lipinski definition) is 2. The summed E-state index contributed by atoms with van der Waals surface area (Å²) in [5.74, 6) is -2.30. The Morgan fingerprint density at radius 3 is 2.32 bits per heavy atom. The molecule has 2 N–H and O–H groups in total. The number of oxazole rings is 1. The second-order valence-electron chi connectivity index (χ2n) is 11.3. The molecule has 0 atom stereocenters. The Labute approximate surface area is 269 Å². The number of alkyl halides is 3. The predicted molar refractivity (Wildman–Crippen MR) is 162 cm³/mol. The first-order chi connectivity index (χ1) is 22.0. The molecule has 0 spiro atoms. The molecular formula is C31H35F3N4O8S. The molecule has 12 nitrogen and oxygen atoms in total. The first-order valence-electron chi connectivity index (χ1n) is 14.6. The average Bonchev–Trinajstić information content (AvgIpc) is 3.74. The normalized spacial score (nSPS) is 16.6. The first kappa shape index (κ1) is 35.6. The van der Waals surface area contributed by atoms with Gasteiger partial charge in [-0.2, -0.15) is 17.5 Å². The number of carboxylic acid groups (broad SMARTS) is 1. The highest BCUT2D eigenvalue weighted by Crippen LogP contribution is 2.36. The number of carbonyl (C=O) groups excluding carboxylic acids is 1. The maximum atomic E-state index is 13.8. The molecule has 16 heteroatoms. The lowest BCUT2D eigenvalue weighted by atomic mass is 9.90. The first-order valence-corrected chi connectivity index (χ1v) is 16.0. The number of aromatic nitrogens is 2. The summed E-state index contributed by atoms with van der Waals surface area (Å²) >= 11 is 0. The molecule has 1 amide bonds. The molecule has 1 saturated heterocycles. The molecule has 0 bridgehead atoms. The number of carboxylic acids is 1. The number of pyridine rings is 1. The molecular weight excluding hydrogens is 645 g/mol. The molecule has 5 rings (SSSR count). The Morgan fingerprint density at radius 2 is 1.81 bits per heavy atom. The van der Waals surface area contributed by atoms with Gasteiger partial charge in [0.05, 0.1) is 24.2 Å². The molecule has 2 aliphatic rings. The zero-order chi connectivity index (χ0) is 34.6. The number of ether oxygens (including phenoxy) is 1. The molecule has 254 valence electrons. The van der Waals surface area contributed by atoms with E-state index in [9.17, 15) is 31.5 Å². The van der Waals surface area contributed by atoms with Crippen LogP contribution in [0.25, 0.3) is 6.08 Å². The Morgan fingerprint density at radius 1 is 1.19 bits per heavy atom. The van der Waals surface area contributed by atoms with Crippen molar-refractivity contribution in [1.82, 2.24) is 19.2 Å². The van der Waals surface area contributed by atoms with Gasteiger partial charge in [-0.15, -0.1) is 0 Å². The number of halogens is 3. The van der Waals surface area contributed by atoms with E-state index >= 15 is 0 Å². The summed E-state index contributed by atoms with van der Waals surface area (Å²) in [5, 5.41) is 18.1. The van der Waals surface area contributed by atoms with Crippen molar-refractivity contribution in [2.24, 2.45) is 0 Å². The van der Waals surface area contributed by atoms with E-state index in [1.54, 1.807) is 56.5 Å². The number of benzene rings is 1. The molecule has 47 heavy (non-hydrogen) atoms. The van der Waals surface area contributed by atoms with Crippen molar-refractivity contribution in [2.45, 2.75) is 68.8 Å². The van der Waals surface area contributed by atoms with Crippen LogP contribution >= 0.6 is 0 Å². The quantitative estimate of drug-likeness (QED) is 0.332. The molecule has 2 fully saturated rings. The Balaban J connectivity index is 0.000000644. The largest absolute Gasteiger partial charge is 0.497 e. The van der Waals surface area contributed by atoms with E-state index in [0.29, 0.717) is 42.8 Å². The van der Waals surface area contributed by atoms with Crippen LogP contribution < -0.4 is 4.74 Å². The van der Waals surface area contributed by atoms with Crippen LogP contribution in [0.2, 0.25) is 0 Å². The van der Waals surface area contributed by atoms with E-state index in [1.807, 2.05) is 18.2 Å². The third kappa shape index (κ3) is 8.96. The molecule has 1 aromatic carbocycles. The van der Waals surface area contributed by atoms with Gasteiger partial charge in [-0.05, 0) is 74.4 Å². The van der Waals surface area contributed by atoms with Crippen LogP contribution in [0, 0.1) is 13.8 Å². The van der Waals surface area contributed by atoms with Crippen LogP contribution in [0.5, 0.6) is 5.75 Å². The van der Waals surface area contributed by atoms with Gasteiger partial charge in [-0.3, -0.25) is 9.78 Å². The highest BCUT2D eigenvalue weighted by atomic mass is 32.2. The van der Waals surface area contributed by atoms with Crippen molar-refractivity contribution in [3.63, 3.8) is 0 Å². The monoisotopic (exact) mass is 680 g/mol. The number of aryl methyl sites for hydroxylation is 2. The summed E-state index contributed by atoms with van der Waals surface area (Å²) in [6.45, 7) is 4.15. The molecule has 1 aliphatic heterocycles. The summed E-state index contributed by atoms with van der Waals surface area (Å²) in [6, 6.07) is 7.01. The van der Waals surface area contributed by atoms with Gasteiger partial charge in [0.1, 0.15) is 12.0 Å². The van der Waals surface area contributed by atoms with E-state index < -0.39 is 27.8 Å². The van der Waals surface area contributed by atoms with Crippen molar-refractivity contribution in [1.29, 1.82) is 0 Å². The lowest BCUT2D eigenvalue weighted by Gasteiger charge is -2.36. The van der Waals surface area contributed by atoms with Crippen LogP contribution in [-0.4, -0.2) is 87.7 Å². The molecule has 3 aromatic rings. The lowest BCUT2D eigenvalue weighted by Crippen LogP contribution is -2.45. The number of aliphatic carboxylic acids is 1. The molecule has 0 radical (unpaired) electrons. The highest BCUT2D eigenvalue weighted by Gasteiger charge is 2.41. The minimum Gasteiger partial charge on any atom is -0.497 e. The predicted octanol–water partition coefficient (Wildman–Crippen LogP) is 4.36. The number of methoxy groups -OCH3 is 1. The standard InChI is InChI=1S/C29H34N4O6S.C2HF3O2/c1-20-15-24(38-3)16-21(2)27(20)40(36,37)33(23-6-7-23)18-26-31-25(19-39-26)28(34)32-13-10-29(35,11-14-32)9-8-22-5-4-12-30-17-22;3-2(4,5)1(6)7/h4-5,8-9,12,15-17,19,23,35H,6-7,10-11,13-14,18H2,1-3H3;(H,6,7)/b9-8+;. The third-order valence-electron chi connectivity index (χ3n) is 7.68. The van der Waals surface area contributed by atoms with Crippen molar-refractivity contribution >= 4 is 28.0 Å². The molecule has 1 aliphatic carbocycles. The fourth-order valence-electron chi connectivity index (χ4n) is 5.09. The molecule has 1 saturated carbocycles. The maximum Gasteiger partial charge on any atom is 0.490 e. The summed E-state index contributed by atoms with van der Waals surface area (Å²) in [4.78, 5) is 32.4. The van der Waals surface area contributed by atoms with Crippen LogP contribution in [0.4, 0.5) is 13.2 Å². The van der Waals surface area contributed by atoms with Gasteiger partial charge in [0.15, 0.2) is 5.69 Å². The number of hydrogen-bond acceptors (Lipinski definition) is 9. The van der Waals surface area contributed by atoms with Gasteiger partial charge >= 0.3 is 12.1 Å². The van der Waals surface area contributed by atoms with Gasteiger partial charge in [0, 0.05) is 31.5 Å². The third-order valence-corrected chi connectivity index (χ3v) is 9.89. The second kappa shape index (κ2) is 14.2. The van der Waals surface area contributed by atoms with Gasteiger partial charge in [-0.25, -0.2) is 18.2 Å². The van der Waals surface area contributed by atoms with E-state index in [0.717, 1.165) is 18.4 Å². The summed E-state index contributed by atoms with van der Waals surface area (Å²) < 4.78 is 71.6. The maximum absolute atomic E-state index is 13.8. The number of rotatable bonds is 9. The molecule has 3 heterocycles. The number of piperidine rings is 1. The number of amides is 1. The van der Waals surface area contributed by atoms with Gasteiger partial charge in [0.25, 0.3) is 5.91 Å². The Kier molecular flexibility index (Phi) is 10.8. The average molecular weight is 681 g/mol. The number of carbonyl (C=O) groups is 2. The van der Waals surface area contributed by atoms with E-state index in [4.69, 9.17) is 19.1 Å². The zero-order valence-corrected chi connectivity index (χ0v) is 26.7. The van der Waals surface area contributed by atoms with Crippen LogP contribution in [0.15, 0.2) is 58.3 Å². The van der Waals surface area contributed by atoms with Crippen molar-refractivity contribution in [3.05, 3.63) is 77.3 Å². The second-order valence-corrected chi connectivity index (χ2v) is 13.1. The van der Waals surface area contributed by atoms with Crippen LogP contribution in [-0.2, 0) is 21.4 Å². The minimum atomic E-state index is -5.08. The van der Waals surface area contributed by atoms with Crippen molar-refractivity contribution in [2.75, 3.05) is 20.2 Å². The number of sulfonamides is 1. The smallest absolute Gasteiger partial charge is 0.490 e. The topological polar surface area (TPSA) is 163 Å². The molecule has 2 aromatic heterocycles. The van der Waals surface area contributed by atoms with Crippen LogP contribution in [0.3, 0.4) is 0 Å². The molecule has 0 unspecified atom stereocenters. The summed E-state index contributed by atoms with van der Waals surface area (Å²) in [5.41, 5.74) is 1.20. The van der Waals surface area contributed by atoms with Crippen molar-refractivity contribution in [3.8, 4) is 5.75 Å². The van der Waals surface area contributed by atoms with Crippen molar-refractivity contribution < 1.29 is 50.5 Å². The summed E-state index contributed by atoms with van der Waals surface area (Å²) in [7, 11) is -2.30. The fourth-order valence-corrected chi connectivity index (χ4v) is 7.14. The van der Waals surface area contributed by atoms with E-state index in [-0.39, 0.29) is 35.0 Å². The summed E-state index contributed by atoms with van der Waals surface area (Å²) in [6.07, 6.45) is 5.48. The minimum absolute atomic E-state index is 0.0654. The Hall–Kier alpha value is -4.28. The van der Waals surface area contributed by atoms with E-state index in [2.05, 4.69) is 9.97 Å². The highest BCUT2D eigenvalue weighted by molar-refractivity contribution is 7.89. The van der Waals surface area contributed by atoms with Gasteiger partial charge in [0.2, 0.25) is 15.9 Å². The fraction of sp³-hybridized carbons (Fsp3) is 0.419.